The fourth-order valence-corrected chi connectivity index (χ4v) is 2.69. The first-order chi connectivity index (χ1) is 9.63. The Morgan fingerprint density at radius 2 is 1.85 bits per heavy atom. The van der Waals surface area contributed by atoms with Crippen LogP contribution in [0.25, 0.3) is 0 Å². The van der Waals surface area contributed by atoms with E-state index in [-0.39, 0.29) is 0 Å². The zero-order valence-electron chi connectivity index (χ0n) is 11.8. The monoisotopic (exact) mass is 351 g/mol. The highest BCUT2D eigenvalue weighted by atomic mass is 79.9. The van der Waals surface area contributed by atoms with E-state index in [0.29, 0.717) is 6.04 Å². The molecule has 0 aliphatic rings. The van der Waals surface area contributed by atoms with Crippen molar-refractivity contribution in [1.82, 2.24) is 5.32 Å². The molecule has 20 heavy (non-hydrogen) atoms. The molecule has 0 aromatic heterocycles. The molecule has 0 heterocycles. The Morgan fingerprint density at radius 3 is 2.40 bits per heavy atom. The molecule has 1 N–H and O–H groups in total. The van der Waals surface area contributed by atoms with Crippen LogP contribution in [0.15, 0.2) is 51.8 Å². The highest BCUT2D eigenvalue weighted by Gasteiger charge is 2.08. The molecule has 106 valence electrons. The standard InChI is InChI=1S/C16H18BrNOS/c1-11(18-2)12-4-9-16(15(17)10-12)19-13-5-7-14(20-3)8-6-13/h4-11,18H,1-3H3. The summed E-state index contributed by atoms with van der Waals surface area (Å²) in [6.07, 6.45) is 2.06. The summed E-state index contributed by atoms with van der Waals surface area (Å²) < 4.78 is 6.86. The summed E-state index contributed by atoms with van der Waals surface area (Å²) >= 11 is 5.30. The van der Waals surface area contributed by atoms with Crippen LogP contribution >= 0.6 is 27.7 Å². The lowest BCUT2D eigenvalue weighted by Gasteiger charge is -2.13. The van der Waals surface area contributed by atoms with Crippen molar-refractivity contribution in [1.29, 1.82) is 0 Å². The Labute approximate surface area is 133 Å². The second-order valence-electron chi connectivity index (χ2n) is 4.48. The second-order valence-corrected chi connectivity index (χ2v) is 6.21. The molecule has 0 bridgehead atoms. The maximum atomic E-state index is 5.90. The highest BCUT2D eigenvalue weighted by Crippen LogP contribution is 2.32. The summed E-state index contributed by atoms with van der Waals surface area (Å²) in [7, 11) is 1.95. The molecule has 0 radical (unpaired) electrons. The molecule has 0 spiro atoms. The predicted octanol–water partition coefficient (Wildman–Crippen LogP) is 5.24. The number of rotatable bonds is 5. The van der Waals surface area contributed by atoms with Crippen molar-refractivity contribution in [3.8, 4) is 11.5 Å². The van der Waals surface area contributed by atoms with Crippen molar-refractivity contribution in [2.45, 2.75) is 17.9 Å². The third-order valence-corrected chi connectivity index (χ3v) is 4.54. The van der Waals surface area contributed by atoms with Gasteiger partial charge in [-0.15, -0.1) is 11.8 Å². The molecule has 2 rings (SSSR count). The number of halogens is 1. The van der Waals surface area contributed by atoms with Crippen LogP contribution in [0, 0.1) is 0 Å². The summed E-state index contributed by atoms with van der Waals surface area (Å²) in [5.74, 6) is 1.67. The van der Waals surface area contributed by atoms with E-state index in [1.165, 1.54) is 10.5 Å². The van der Waals surface area contributed by atoms with Gasteiger partial charge in [-0.05, 0) is 78.1 Å². The minimum Gasteiger partial charge on any atom is -0.456 e. The number of thioether (sulfide) groups is 1. The molecule has 0 saturated carbocycles. The molecule has 2 nitrogen and oxygen atoms in total. The molecule has 0 amide bonds. The average Bonchev–Trinajstić information content (AvgIpc) is 2.49. The van der Waals surface area contributed by atoms with Crippen LogP contribution in [0.3, 0.4) is 0 Å². The molecule has 1 unspecified atom stereocenters. The zero-order valence-corrected chi connectivity index (χ0v) is 14.2. The van der Waals surface area contributed by atoms with Gasteiger partial charge in [-0.2, -0.15) is 0 Å². The highest BCUT2D eigenvalue weighted by molar-refractivity contribution is 9.10. The van der Waals surface area contributed by atoms with Crippen LogP contribution in [-0.2, 0) is 0 Å². The average molecular weight is 352 g/mol. The van der Waals surface area contributed by atoms with Crippen LogP contribution in [0.1, 0.15) is 18.5 Å². The fourth-order valence-electron chi connectivity index (χ4n) is 1.81. The van der Waals surface area contributed by atoms with Gasteiger partial charge < -0.3 is 10.1 Å². The predicted molar refractivity (Wildman–Crippen MR) is 89.9 cm³/mol. The summed E-state index contributed by atoms with van der Waals surface area (Å²) in [5, 5.41) is 3.23. The van der Waals surface area contributed by atoms with E-state index >= 15 is 0 Å². The van der Waals surface area contributed by atoms with Gasteiger partial charge in [0.05, 0.1) is 4.47 Å². The van der Waals surface area contributed by atoms with Gasteiger partial charge in [0.15, 0.2) is 0 Å². The summed E-state index contributed by atoms with van der Waals surface area (Å²) in [6.45, 7) is 2.13. The molecule has 0 aliphatic carbocycles. The van der Waals surface area contributed by atoms with Gasteiger partial charge in [-0.3, -0.25) is 0 Å². The number of benzene rings is 2. The van der Waals surface area contributed by atoms with Crippen molar-refractivity contribution in [2.24, 2.45) is 0 Å². The lowest BCUT2D eigenvalue weighted by Crippen LogP contribution is -2.12. The van der Waals surface area contributed by atoms with E-state index < -0.39 is 0 Å². The van der Waals surface area contributed by atoms with Crippen LogP contribution in [0.4, 0.5) is 0 Å². The Kier molecular flexibility index (Phi) is 5.52. The van der Waals surface area contributed by atoms with Gasteiger partial charge in [-0.25, -0.2) is 0 Å². The van der Waals surface area contributed by atoms with Crippen molar-refractivity contribution in [3.05, 3.63) is 52.5 Å². The van der Waals surface area contributed by atoms with Gasteiger partial charge in [0.2, 0.25) is 0 Å². The normalized spacial score (nSPS) is 12.2. The van der Waals surface area contributed by atoms with Gasteiger partial charge in [-0.1, -0.05) is 6.07 Å². The summed E-state index contributed by atoms with van der Waals surface area (Å²) in [4.78, 5) is 1.23. The largest absolute Gasteiger partial charge is 0.456 e. The third kappa shape index (κ3) is 3.78. The first-order valence-corrected chi connectivity index (χ1v) is 8.44. The summed E-state index contributed by atoms with van der Waals surface area (Å²) in [5.41, 5.74) is 1.23. The number of hydrogen-bond acceptors (Lipinski definition) is 3. The van der Waals surface area contributed by atoms with Crippen LogP contribution < -0.4 is 10.1 Å². The number of nitrogens with one attached hydrogen (secondary N) is 1. The van der Waals surface area contributed by atoms with Crippen molar-refractivity contribution in [3.63, 3.8) is 0 Å². The van der Waals surface area contributed by atoms with E-state index in [2.05, 4.69) is 58.7 Å². The molecule has 0 aliphatic heterocycles. The summed E-state index contributed by atoms with van der Waals surface area (Å²) in [6, 6.07) is 14.6. The number of ether oxygens (including phenoxy) is 1. The maximum Gasteiger partial charge on any atom is 0.141 e. The Morgan fingerprint density at radius 1 is 1.15 bits per heavy atom. The number of hydrogen-bond donors (Lipinski definition) is 1. The molecule has 2 aromatic carbocycles. The minimum absolute atomic E-state index is 0.321. The fraction of sp³-hybridized carbons (Fsp3) is 0.250. The van der Waals surface area contributed by atoms with E-state index in [1.807, 2.05) is 25.2 Å². The molecule has 0 saturated heterocycles. The first-order valence-electron chi connectivity index (χ1n) is 6.42. The lowest BCUT2D eigenvalue weighted by atomic mass is 10.1. The van der Waals surface area contributed by atoms with Gasteiger partial charge in [0, 0.05) is 10.9 Å². The SMILES string of the molecule is CNC(C)c1ccc(Oc2ccc(SC)cc2)c(Br)c1. The third-order valence-electron chi connectivity index (χ3n) is 3.18. The van der Waals surface area contributed by atoms with Crippen LogP contribution in [-0.4, -0.2) is 13.3 Å². The van der Waals surface area contributed by atoms with Gasteiger partial charge in [0.25, 0.3) is 0 Å². The topological polar surface area (TPSA) is 21.3 Å². The van der Waals surface area contributed by atoms with E-state index in [0.717, 1.165) is 16.0 Å². The maximum absolute atomic E-state index is 5.90. The van der Waals surface area contributed by atoms with Crippen molar-refractivity contribution in [2.75, 3.05) is 13.3 Å². The molecule has 1 atom stereocenters. The van der Waals surface area contributed by atoms with Gasteiger partial charge >= 0.3 is 0 Å². The molecular weight excluding hydrogens is 334 g/mol. The molecular formula is C16H18BrNOS. The van der Waals surface area contributed by atoms with Crippen molar-refractivity contribution >= 4 is 27.7 Å². The lowest BCUT2D eigenvalue weighted by molar-refractivity contribution is 0.478. The van der Waals surface area contributed by atoms with E-state index in [1.54, 1.807) is 11.8 Å². The van der Waals surface area contributed by atoms with E-state index in [4.69, 9.17) is 4.74 Å². The minimum atomic E-state index is 0.321. The Balaban J connectivity index is 2.16. The molecule has 0 fully saturated rings. The Bertz CT molecular complexity index is 571. The van der Waals surface area contributed by atoms with Gasteiger partial charge in [0.1, 0.15) is 11.5 Å². The molecule has 4 heteroatoms. The van der Waals surface area contributed by atoms with E-state index in [9.17, 15) is 0 Å². The zero-order chi connectivity index (χ0) is 14.5. The first kappa shape index (κ1) is 15.4. The van der Waals surface area contributed by atoms with Crippen molar-refractivity contribution < 1.29 is 4.74 Å². The quantitative estimate of drug-likeness (QED) is 0.743. The second kappa shape index (κ2) is 7.16. The Hall–Kier alpha value is -0.970. The van der Waals surface area contributed by atoms with Crippen LogP contribution in [0.5, 0.6) is 11.5 Å². The molecule has 2 aromatic rings. The smallest absolute Gasteiger partial charge is 0.141 e. The van der Waals surface area contributed by atoms with Crippen LogP contribution in [0.2, 0.25) is 0 Å².